The summed E-state index contributed by atoms with van der Waals surface area (Å²) < 4.78 is 5.73. The first kappa shape index (κ1) is 18.5. The van der Waals surface area contributed by atoms with Crippen LogP contribution in [0.3, 0.4) is 0 Å². The Hall–Kier alpha value is -3.31. The summed E-state index contributed by atoms with van der Waals surface area (Å²) in [6.45, 7) is 1.93. The summed E-state index contributed by atoms with van der Waals surface area (Å²) in [4.78, 5) is 23.5. The fourth-order valence-corrected chi connectivity index (χ4v) is 2.66. The molecule has 2 aromatic carbocycles. The van der Waals surface area contributed by atoms with Crippen molar-refractivity contribution in [2.45, 2.75) is 6.92 Å². The fraction of sp³-hybridized carbons (Fsp3) is 0.0476. The van der Waals surface area contributed by atoms with Gasteiger partial charge < -0.3 is 15.5 Å². The minimum atomic E-state index is -0.609. The van der Waals surface area contributed by atoms with Gasteiger partial charge in [0.05, 0.1) is 11.3 Å². The van der Waals surface area contributed by atoms with Crippen LogP contribution in [0, 0.1) is 6.92 Å². The number of hydrogen-bond acceptors (Lipinski definition) is 3. The Morgan fingerprint density at radius 3 is 2.63 bits per heavy atom. The molecule has 0 saturated heterocycles. The Balaban J connectivity index is 1.71. The first-order valence-corrected chi connectivity index (χ1v) is 8.56. The van der Waals surface area contributed by atoms with Crippen LogP contribution in [0.1, 0.15) is 21.7 Å². The van der Waals surface area contributed by atoms with Crippen molar-refractivity contribution in [3.63, 3.8) is 0 Å². The van der Waals surface area contributed by atoms with Gasteiger partial charge in [-0.3, -0.25) is 9.59 Å². The number of aryl methyl sites for hydroxylation is 1. The average Bonchev–Trinajstić information content (AvgIpc) is 3.11. The van der Waals surface area contributed by atoms with E-state index in [-0.39, 0.29) is 5.56 Å². The van der Waals surface area contributed by atoms with E-state index in [1.54, 1.807) is 42.5 Å². The minimum Gasteiger partial charge on any atom is -0.457 e. The van der Waals surface area contributed by atoms with Gasteiger partial charge in [-0.1, -0.05) is 35.9 Å². The first-order chi connectivity index (χ1) is 12.9. The maximum Gasteiger partial charge on any atom is 0.250 e. The lowest BCUT2D eigenvalue weighted by Crippen LogP contribution is -2.16. The molecule has 27 heavy (non-hydrogen) atoms. The van der Waals surface area contributed by atoms with Crippen LogP contribution in [-0.2, 0) is 4.79 Å². The number of amides is 2. The number of nitrogens with one attached hydrogen (secondary N) is 1. The molecule has 0 bridgehead atoms. The van der Waals surface area contributed by atoms with E-state index >= 15 is 0 Å². The van der Waals surface area contributed by atoms with Gasteiger partial charge >= 0.3 is 0 Å². The van der Waals surface area contributed by atoms with E-state index in [2.05, 4.69) is 5.32 Å². The lowest BCUT2D eigenvalue weighted by atomic mass is 10.1. The third kappa shape index (κ3) is 4.46. The normalized spacial score (nSPS) is 10.9. The summed E-state index contributed by atoms with van der Waals surface area (Å²) in [5.41, 5.74) is 7.74. The number of benzene rings is 2. The van der Waals surface area contributed by atoms with E-state index in [1.807, 2.05) is 25.1 Å². The molecule has 0 fully saturated rings. The number of rotatable bonds is 5. The highest BCUT2D eigenvalue weighted by atomic mass is 35.5. The van der Waals surface area contributed by atoms with Gasteiger partial charge in [-0.25, -0.2) is 0 Å². The number of carbonyl (C=O) groups excluding carboxylic acids is 2. The summed E-state index contributed by atoms with van der Waals surface area (Å²) in [5.74, 6) is 0.151. The maximum atomic E-state index is 12.1. The molecule has 3 aromatic rings. The molecule has 0 radical (unpaired) electrons. The SMILES string of the molecule is Cc1ccc(-c2ccc(C=CC(=O)Nc3ccccc3C(N)=O)o2)cc1Cl. The molecule has 1 aromatic heterocycles. The topological polar surface area (TPSA) is 85.3 Å². The van der Waals surface area contributed by atoms with Crippen molar-refractivity contribution in [2.24, 2.45) is 5.73 Å². The van der Waals surface area contributed by atoms with Crippen LogP contribution in [0.4, 0.5) is 5.69 Å². The molecule has 2 amide bonds. The second-order valence-electron chi connectivity index (χ2n) is 5.90. The van der Waals surface area contributed by atoms with Gasteiger partial charge in [-0.05, 0) is 48.9 Å². The van der Waals surface area contributed by atoms with Gasteiger partial charge in [0.2, 0.25) is 5.91 Å². The average molecular weight is 381 g/mol. The predicted molar refractivity (Wildman–Crippen MR) is 107 cm³/mol. The second kappa shape index (κ2) is 7.93. The zero-order valence-electron chi connectivity index (χ0n) is 14.5. The number of primary amides is 1. The quantitative estimate of drug-likeness (QED) is 0.631. The molecular formula is C21H17ClN2O3. The van der Waals surface area contributed by atoms with Crippen LogP contribution in [0.25, 0.3) is 17.4 Å². The standard InChI is InChI=1S/C21H17ClN2O3/c1-13-6-7-14(12-17(13)22)19-10-8-15(27-19)9-11-20(25)24-18-5-3-2-4-16(18)21(23)26/h2-12H,1H3,(H2,23,26)(H,24,25). The van der Waals surface area contributed by atoms with Gasteiger partial charge in [-0.2, -0.15) is 0 Å². The summed E-state index contributed by atoms with van der Waals surface area (Å²) in [6.07, 6.45) is 2.87. The summed E-state index contributed by atoms with van der Waals surface area (Å²) in [5, 5.41) is 3.29. The van der Waals surface area contributed by atoms with Crippen molar-refractivity contribution in [1.82, 2.24) is 0 Å². The lowest BCUT2D eigenvalue weighted by molar-refractivity contribution is -0.111. The molecule has 1 heterocycles. The molecular weight excluding hydrogens is 364 g/mol. The summed E-state index contributed by atoms with van der Waals surface area (Å²) >= 11 is 6.14. The van der Waals surface area contributed by atoms with Crippen LogP contribution in [-0.4, -0.2) is 11.8 Å². The molecule has 0 saturated carbocycles. The van der Waals surface area contributed by atoms with Crippen molar-refractivity contribution in [3.05, 3.63) is 82.6 Å². The van der Waals surface area contributed by atoms with Crippen molar-refractivity contribution >= 4 is 35.2 Å². The molecule has 0 aliphatic carbocycles. The van der Waals surface area contributed by atoms with E-state index < -0.39 is 11.8 Å². The van der Waals surface area contributed by atoms with Crippen LogP contribution < -0.4 is 11.1 Å². The number of furan rings is 1. The monoisotopic (exact) mass is 380 g/mol. The van der Waals surface area contributed by atoms with E-state index in [1.165, 1.54) is 6.08 Å². The van der Waals surface area contributed by atoms with Gasteiger partial charge in [0.25, 0.3) is 5.91 Å². The third-order valence-corrected chi connectivity index (χ3v) is 4.34. The van der Waals surface area contributed by atoms with E-state index in [4.69, 9.17) is 21.8 Å². The Labute approximate surface area is 161 Å². The van der Waals surface area contributed by atoms with Crippen LogP contribution >= 0.6 is 11.6 Å². The third-order valence-electron chi connectivity index (χ3n) is 3.93. The van der Waals surface area contributed by atoms with Crippen molar-refractivity contribution in [3.8, 4) is 11.3 Å². The molecule has 5 nitrogen and oxygen atoms in total. The highest BCUT2D eigenvalue weighted by Crippen LogP contribution is 2.27. The number of halogens is 1. The fourth-order valence-electron chi connectivity index (χ4n) is 2.48. The number of anilines is 1. The Kier molecular flexibility index (Phi) is 5.43. The van der Waals surface area contributed by atoms with Crippen LogP contribution in [0.5, 0.6) is 0 Å². The van der Waals surface area contributed by atoms with Gasteiger partial charge in [0, 0.05) is 16.7 Å². The summed E-state index contributed by atoms with van der Waals surface area (Å²) in [6, 6.07) is 15.8. The zero-order chi connectivity index (χ0) is 19.4. The van der Waals surface area contributed by atoms with E-state index in [0.717, 1.165) is 11.1 Å². The van der Waals surface area contributed by atoms with E-state index in [0.29, 0.717) is 22.2 Å². The zero-order valence-corrected chi connectivity index (χ0v) is 15.3. The van der Waals surface area contributed by atoms with Crippen molar-refractivity contribution in [1.29, 1.82) is 0 Å². The molecule has 3 rings (SSSR count). The van der Waals surface area contributed by atoms with Crippen molar-refractivity contribution < 1.29 is 14.0 Å². The molecule has 0 aliphatic rings. The Morgan fingerprint density at radius 1 is 1.11 bits per heavy atom. The molecule has 6 heteroatoms. The lowest BCUT2D eigenvalue weighted by Gasteiger charge is -2.06. The Morgan fingerprint density at radius 2 is 1.89 bits per heavy atom. The largest absolute Gasteiger partial charge is 0.457 e. The molecule has 0 aliphatic heterocycles. The highest BCUT2D eigenvalue weighted by Gasteiger charge is 2.09. The Bertz CT molecular complexity index is 1040. The second-order valence-corrected chi connectivity index (χ2v) is 6.31. The molecule has 136 valence electrons. The van der Waals surface area contributed by atoms with Gasteiger partial charge in [0.15, 0.2) is 0 Å². The van der Waals surface area contributed by atoms with Crippen molar-refractivity contribution in [2.75, 3.05) is 5.32 Å². The molecule has 0 spiro atoms. The smallest absolute Gasteiger partial charge is 0.250 e. The van der Waals surface area contributed by atoms with Gasteiger partial charge in [0.1, 0.15) is 11.5 Å². The minimum absolute atomic E-state index is 0.246. The predicted octanol–water partition coefficient (Wildman–Crippen LogP) is 4.66. The number of hydrogen-bond donors (Lipinski definition) is 2. The maximum absolute atomic E-state index is 12.1. The number of carbonyl (C=O) groups is 2. The first-order valence-electron chi connectivity index (χ1n) is 8.18. The van der Waals surface area contributed by atoms with Crippen LogP contribution in [0.2, 0.25) is 5.02 Å². The molecule has 3 N–H and O–H groups in total. The number of nitrogens with two attached hydrogens (primary N) is 1. The number of para-hydroxylation sites is 1. The summed E-state index contributed by atoms with van der Waals surface area (Å²) in [7, 11) is 0. The molecule has 0 atom stereocenters. The van der Waals surface area contributed by atoms with Gasteiger partial charge in [-0.15, -0.1) is 0 Å². The van der Waals surface area contributed by atoms with E-state index in [9.17, 15) is 9.59 Å². The molecule has 0 unspecified atom stereocenters. The highest BCUT2D eigenvalue weighted by molar-refractivity contribution is 6.31. The van der Waals surface area contributed by atoms with Crippen LogP contribution in [0.15, 0.2) is 65.1 Å².